The quantitative estimate of drug-likeness (QED) is 0.194. The Kier molecular flexibility index (Phi) is 12.4. The van der Waals surface area contributed by atoms with E-state index in [0.717, 1.165) is 39.9 Å². The molecule has 34 heavy (non-hydrogen) atoms. The van der Waals surface area contributed by atoms with Crippen molar-refractivity contribution in [3.05, 3.63) is 48.0 Å². The lowest BCUT2D eigenvalue weighted by molar-refractivity contribution is 0.110. The second-order valence-corrected chi connectivity index (χ2v) is 10.8. The third kappa shape index (κ3) is 8.94. The van der Waals surface area contributed by atoms with Crippen LogP contribution >= 0.6 is 11.8 Å². The number of aliphatic hydroxyl groups is 1. The molecule has 0 amide bonds. The summed E-state index contributed by atoms with van der Waals surface area (Å²) in [6.45, 7) is 7.44. The molecular weight excluding hydrogens is 438 g/mol. The lowest BCUT2D eigenvalue weighted by Crippen LogP contribution is -2.31. The molecule has 0 spiro atoms. The van der Waals surface area contributed by atoms with Crippen LogP contribution in [0.25, 0.3) is 0 Å². The molecule has 4 heteroatoms. The van der Waals surface area contributed by atoms with Crippen LogP contribution in [0.3, 0.4) is 0 Å². The van der Waals surface area contributed by atoms with Crippen LogP contribution in [-0.4, -0.2) is 29.6 Å². The van der Waals surface area contributed by atoms with Crippen molar-refractivity contribution in [1.82, 2.24) is 4.90 Å². The van der Waals surface area contributed by atoms with Crippen molar-refractivity contribution in [2.45, 2.75) is 107 Å². The summed E-state index contributed by atoms with van der Waals surface area (Å²) in [5, 5.41) is 11.1. The number of fused-ring (bicyclic) bond motifs is 2. The number of hydrogen-bond acceptors (Lipinski definition) is 4. The molecule has 3 rings (SSSR count). The van der Waals surface area contributed by atoms with Gasteiger partial charge in [-0.05, 0) is 55.8 Å². The fourth-order valence-corrected chi connectivity index (χ4v) is 5.63. The van der Waals surface area contributed by atoms with Gasteiger partial charge in [0.1, 0.15) is 11.5 Å². The van der Waals surface area contributed by atoms with Gasteiger partial charge in [0.15, 0.2) is 0 Å². The smallest absolute Gasteiger partial charge is 0.141 e. The van der Waals surface area contributed by atoms with E-state index in [1.54, 1.807) is 11.8 Å². The van der Waals surface area contributed by atoms with Gasteiger partial charge in [-0.1, -0.05) is 108 Å². The third-order valence-corrected chi connectivity index (χ3v) is 7.82. The summed E-state index contributed by atoms with van der Waals surface area (Å²) in [6, 6.07) is 14.3. The highest BCUT2D eigenvalue weighted by molar-refractivity contribution is 7.99. The first kappa shape index (κ1) is 27.1. The third-order valence-electron chi connectivity index (χ3n) is 6.73. The molecule has 0 saturated heterocycles. The van der Waals surface area contributed by atoms with E-state index in [1.807, 2.05) is 30.3 Å². The average molecular weight is 484 g/mol. The molecule has 1 aliphatic heterocycles. The topological polar surface area (TPSA) is 32.7 Å². The molecule has 0 radical (unpaired) electrons. The zero-order valence-corrected chi connectivity index (χ0v) is 22.3. The highest BCUT2D eigenvalue weighted by Gasteiger charge is 2.20. The summed E-state index contributed by atoms with van der Waals surface area (Å²) < 4.78 is 6.07. The van der Waals surface area contributed by atoms with E-state index in [-0.39, 0.29) is 0 Å². The summed E-state index contributed by atoms with van der Waals surface area (Å²) in [4.78, 5) is 4.73. The van der Waals surface area contributed by atoms with Crippen molar-refractivity contribution in [3.63, 3.8) is 0 Å². The van der Waals surface area contributed by atoms with Crippen LogP contribution in [0.15, 0.2) is 52.3 Å². The number of para-hydroxylation sites is 1. The number of nitrogens with zero attached hydrogens (tertiary/aromatic N) is 1. The molecule has 2 aromatic rings. The Balaban J connectivity index is 1.53. The number of ether oxygens (including phenoxy) is 1. The molecule has 3 nitrogen and oxygen atoms in total. The van der Waals surface area contributed by atoms with Gasteiger partial charge in [-0.2, -0.15) is 0 Å². The Morgan fingerprint density at radius 2 is 1.32 bits per heavy atom. The van der Waals surface area contributed by atoms with Gasteiger partial charge >= 0.3 is 0 Å². The molecule has 0 aliphatic carbocycles. The molecule has 0 saturated carbocycles. The molecule has 1 aliphatic rings. The fraction of sp³-hybridized carbons (Fsp3) is 0.600. The first-order chi connectivity index (χ1) is 16.7. The molecule has 1 heterocycles. The Labute approximate surface area is 212 Å². The number of aliphatic hydroxyl groups excluding tert-OH is 1. The SMILES string of the molecule is CCCCCCCCN(CCCCCCCC)CC(O)c1ccc2c(c1)Sc1ccccc1O2. The molecule has 1 N–H and O–H groups in total. The van der Waals surface area contributed by atoms with Crippen LogP contribution in [0.2, 0.25) is 0 Å². The lowest BCUT2D eigenvalue weighted by Gasteiger charge is -2.26. The van der Waals surface area contributed by atoms with Crippen LogP contribution in [0.5, 0.6) is 11.5 Å². The zero-order valence-electron chi connectivity index (χ0n) is 21.4. The van der Waals surface area contributed by atoms with Crippen LogP contribution in [-0.2, 0) is 0 Å². The standard InChI is InChI=1S/C30H45NO2S/c1-3-5-7-9-11-15-21-31(22-16-12-10-8-6-4-2)24-26(32)25-19-20-28-30(23-25)34-29-18-14-13-17-27(29)33-28/h13-14,17-20,23,26,32H,3-12,15-16,21-22,24H2,1-2H3. The van der Waals surface area contributed by atoms with E-state index >= 15 is 0 Å². The summed E-state index contributed by atoms with van der Waals surface area (Å²) in [5.74, 6) is 1.80. The first-order valence-electron chi connectivity index (χ1n) is 13.7. The van der Waals surface area contributed by atoms with Crippen molar-refractivity contribution in [2.75, 3.05) is 19.6 Å². The van der Waals surface area contributed by atoms with Crippen molar-refractivity contribution in [2.24, 2.45) is 0 Å². The number of hydrogen-bond donors (Lipinski definition) is 1. The molecule has 1 atom stereocenters. The fourth-order valence-electron chi connectivity index (χ4n) is 4.63. The molecule has 188 valence electrons. The number of benzene rings is 2. The lowest BCUT2D eigenvalue weighted by atomic mass is 10.1. The number of rotatable bonds is 17. The van der Waals surface area contributed by atoms with Crippen molar-refractivity contribution in [3.8, 4) is 11.5 Å². The zero-order chi connectivity index (χ0) is 24.0. The maximum atomic E-state index is 11.1. The van der Waals surface area contributed by atoms with Crippen LogP contribution in [0.1, 0.15) is 103 Å². The summed E-state index contributed by atoms with van der Waals surface area (Å²) >= 11 is 1.73. The maximum absolute atomic E-state index is 11.1. The molecular formula is C30H45NO2S. The second-order valence-electron chi connectivity index (χ2n) is 9.71. The van der Waals surface area contributed by atoms with Gasteiger partial charge in [0.25, 0.3) is 0 Å². The summed E-state index contributed by atoms with van der Waals surface area (Å²) in [7, 11) is 0. The molecule has 0 aromatic heterocycles. The van der Waals surface area contributed by atoms with Crippen LogP contribution < -0.4 is 4.74 Å². The van der Waals surface area contributed by atoms with Gasteiger partial charge in [0.05, 0.1) is 15.9 Å². The van der Waals surface area contributed by atoms with Gasteiger partial charge < -0.3 is 14.7 Å². The van der Waals surface area contributed by atoms with Gasteiger partial charge in [-0.15, -0.1) is 0 Å². The van der Waals surface area contributed by atoms with Crippen LogP contribution in [0.4, 0.5) is 0 Å². The molecule has 1 unspecified atom stereocenters. The van der Waals surface area contributed by atoms with Crippen LogP contribution in [0, 0.1) is 0 Å². The largest absolute Gasteiger partial charge is 0.455 e. The van der Waals surface area contributed by atoms with E-state index < -0.39 is 6.10 Å². The average Bonchev–Trinajstić information content (AvgIpc) is 2.86. The molecule has 0 fully saturated rings. The van der Waals surface area contributed by atoms with Crippen molar-refractivity contribution in [1.29, 1.82) is 0 Å². The van der Waals surface area contributed by atoms with E-state index in [2.05, 4.69) is 30.9 Å². The minimum atomic E-state index is -0.469. The van der Waals surface area contributed by atoms with Gasteiger partial charge in [-0.3, -0.25) is 0 Å². The predicted octanol–water partition coefficient (Wildman–Crippen LogP) is 9.00. The highest BCUT2D eigenvalue weighted by Crippen LogP contribution is 2.47. The summed E-state index contributed by atoms with van der Waals surface area (Å²) in [6.07, 6.45) is 15.3. The van der Waals surface area contributed by atoms with E-state index in [9.17, 15) is 5.11 Å². The van der Waals surface area contributed by atoms with E-state index in [4.69, 9.17) is 4.74 Å². The first-order valence-corrected chi connectivity index (χ1v) is 14.5. The summed E-state index contributed by atoms with van der Waals surface area (Å²) in [5.41, 5.74) is 0.991. The monoisotopic (exact) mass is 483 g/mol. The Morgan fingerprint density at radius 3 is 2.00 bits per heavy atom. The van der Waals surface area contributed by atoms with Gasteiger partial charge in [-0.25, -0.2) is 0 Å². The van der Waals surface area contributed by atoms with E-state index in [0.29, 0.717) is 6.54 Å². The predicted molar refractivity (Wildman–Crippen MR) is 145 cm³/mol. The number of unbranched alkanes of at least 4 members (excludes halogenated alkanes) is 10. The Hall–Kier alpha value is -1.49. The normalized spacial score (nSPS) is 13.4. The second kappa shape index (κ2) is 15.5. The Bertz CT molecular complexity index is 824. The van der Waals surface area contributed by atoms with E-state index in [1.165, 1.54) is 77.0 Å². The minimum Gasteiger partial charge on any atom is -0.455 e. The van der Waals surface area contributed by atoms with Gasteiger partial charge in [0, 0.05) is 6.54 Å². The Morgan fingerprint density at radius 1 is 0.735 bits per heavy atom. The highest BCUT2D eigenvalue weighted by atomic mass is 32.2. The maximum Gasteiger partial charge on any atom is 0.141 e. The minimum absolute atomic E-state index is 0.469. The molecule has 0 bridgehead atoms. The molecule has 2 aromatic carbocycles. The van der Waals surface area contributed by atoms with Crippen molar-refractivity contribution < 1.29 is 9.84 Å². The van der Waals surface area contributed by atoms with Crippen molar-refractivity contribution >= 4 is 11.8 Å². The van der Waals surface area contributed by atoms with Gasteiger partial charge in [0.2, 0.25) is 0 Å².